The molecule has 2 N–H and O–H groups in total. The van der Waals surface area contributed by atoms with E-state index in [9.17, 15) is 9.59 Å². The van der Waals surface area contributed by atoms with E-state index in [0.29, 0.717) is 51.7 Å². The molecule has 0 aliphatic carbocycles. The average molecular weight is 504 g/mol. The Balaban J connectivity index is 1.43. The first kappa shape index (κ1) is 22.1. The van der Waals surface area contributed by atoms with Crippen molar-refractivity contribution in [1.29, 1.82) is 0 Å². The number of hydrogen-bond donors (Lipinski definition) is 1. The topological polar surface area (TPSA) is 118 Å². The zero-order valence-corrected chi connectivity index (χ0v) is 20.3. The van der Waals surface area contributed by atoms with Gasteiger partial charge in [-0.1, -0.05) is 11.6 Å². The van der Waals surface area contributed by atoms with E-state index >= 15 is 0 Å². The van der Waals surface area contributed by atoms with Crippen LogP contribution >= 0.6 is 11.6 Å². The fourth-order valence-corrected chi connectivity index (χ4v) is 4.76. The van der Waals surface area contributed by atoms with Crippen LogP contribution in [-0.2, 0) is 13.6 Å². The van der Waals surface area contributed by atoms with Crippen LogP contribution in [0.3, 0.4) is 0 Å². The number of halogens is 1. The van der Waals surface area contributed by atoms with E-state index in [1.54, 1.807) is 59.4 Å². The van der Waals surface area contributed by atoms with E-state index in [-0.39, 0.29) is 18.5 Å². The van der Waals surface area contributed by atoms with Crippen molar-refractivity contribution in [3.63, 3.8) is 0 Å². The van der Waals surface area contributed by atoms with Crippen molar-refractivity contribution in [2.45, 2.75) is 6.54 Å². The molecule has 0 bridgehead atoms. The molecule has 1 aliphatic rings. The number of anilines is 1. The van der Waals surface area contributed by atoms with Gasteiger partial charge >= 0.3 is 6.03 Å². The fraction of sp³-hybridized carbons (Fsp3) is 0.208. The SMILES string of the molecule is CN1CCN(N(Cc2cn3ccc(Cl)cc3n2)C(=O)c2ccc3nc(N)c4cnn(C)c4c3c2)C1=O. The number of aryl methyl sites for hydroxylation is 1. The van der Waals surface area contributed by atoms with Gasteiger partial charge in [-0.2, -0.15) is 5.10 Å². The molecule has 11 nitrogen and oxygen atoms in total. The van der Waals surface area contributed by atoms with Crippen LogP contribution in [0.25, 0.3) is 27.5 Å². The highest BCUT2D eigenvalue weighted by Crippen LogP contribution is 2.29. The van der Waals surface area contributed by atoms with E-state index in [0.717, 1.165) is 10.9 Å². The minimum Gasteiger partial charge on any atom is -0.383 e. The van der Waals surface area contributed by atoms with Crippen LogP contribution in [0.15, 0.2) is 48.9 Å². The lowest BCUT2D eigenvalue weighted by atomic mass is 10.1. The summed E-state index contributed by atoms with van der Waals surface area (Å²) in [6, 6.07) is 8.48. The van der Waals surface area contributed by atoms with Crippen molar-refractivity contribution >= 4 is 56.8 Å². The van der Waals surface area contributed by atoms with Gasteiger partial charge in [0, 0.05) is 49.0 Å². The van der Waals surface area contributed by atoms with Gasteiger partial charge < -0.3 is 15.0 Å². The first-order chi connectivity index (χ1) is 17.3. The Morgan fingerprint density at radius 2 is 1.97 bits per heavy atom. The number of nitrogens with two attached hydrogens (primary N) is 1. The molecule has 1 aromatic carbocycles. The molecule has 0 unspecified atom stereocenters. The largest absolute Gasteiger partial charge is 0.383 e. The van der Waals surface area contributed by atoms with Gasteiger partial charge in [0.05, 0.1) is 41.4 Å². The molecular weight excluding hydrogens is 482 g/mol. The van der Waals surface area contributed by atoms with Crippen molar-refractivity contribution < 1.29 is 9.59 Å². The van der Waals surface area contributed by atoms with Crippen molar-refractivity contribution in [3.05, 3.63) is 65.2 Å². The standard InChI is InChI=1S/C24H22ClN9O2/c1-30-7-8-33(24(30)36)34(13-16-12-32-6-5-15(25)10-20(32)28-16)23(35)14-3-4-19-17(9-14)21-18(22(26)29-19)11-27-31(21)2/h3-6,9-12H,7-8,13H2,1-2H3,(H2,26,29). The predicted molar refractivity (Wildman–Crippen MR) is 135 cm³/mol. The summed E-state index contributed by atoms with van der Waals surface area (Å²) in [5, 5.41) is 9.24. The molecular formula is C24H22ClN9O2. The molecule has 0 saturated carbocycles. The number of urea groups is 1. The number of likely N-dealkylation sites (N-methyl/N-ethyl adjacent to an activating group) is 1. The molecule has 0 spiro atoms. The molecule has 36 heavy (non-hydrogen) atoms. The number of nitrogen functional groups attached to an aromatic ring is 1. The van der Waals surface area contributed by atoms with E-state index < -0.39 is 0 Å². The van der Waals surface area contributed by atoms with E-state index in [1.807, 2.05) is 17.6 Å². The van der Waals surface area contributed by atoms with Gasteiger partial charge in [0.25, 0.3) is 5.91 Å². The summed E-state index contributed by atoms with van der Waals surface area (Å²) in [6.07, 6.45) is 5.28. The van der Waals surface area contributed by atoms with E-state index in [4.69, 9.17) is 17.3 Å². The van der Waals surface area contributed by atoms with Crippen LogP contribution in [0, 0.1) is 0 Å². The summed E-state index contributed by atoms with van der Waals surface area (Å²) >= 11 is 6.11. The van der Waals surface area contributed by atoms with Gasteiger partial charge in [0.15, 0.2) is 0 Å². The number of fused-ring (bicyclic) bond motifs is 4. The third kappa shape index (κ3) is 3.47. The second-order valence-corrected chi connectivity index (χ2v) is 9.23. The Labute approximate surface area is 210 Å². The zero-order chi connectivity index (χ0) is 25.1. The van der Waals surface area contributed by atoms with Crippen LogP contribution in [-0.4, -0.2) is 71.1 Å². The van der Waals surface area contributed by atoms with Gasteiger partial charge in [-0.15, -0.1) is 0 Å². The van der Waals surface area contributed by atoms with Crippen LogP contribution in [0.1, 0.15) is 16.1 Å². The number of carbonyl (C=O) groups is 2. The molecule has 5 aromatic rings. The molecule has 1 saturated heterocycles. The Morgan fingerprint density at radius 3 is 2.75 bits per heavy atom. The number of benzene rings is 1. The second kappa shape index (κ2) is 8.09. The maximum atomic E-state index is 13.9. The normalized spacial score (nSPS) is 14.0. The van der Waals surface area contributed by atoms with Crippen LogP contribution < -0.4 is 5.73 Å². The molecule has 1 aliphatic heterocycles. The first-order valence-electron chi connectivity index (χ1n) is 11.3. The predicted octanol–water partition coefficient (Wildman–Crippen LogP) is 2.93. The Bertz CT molecular complexity index is 1690. The van der Waals surface area contributed by atoms with Gasteiger partial charge in [-0.25, -0.2) is 24.8 Å². The third-order valence-electron chi connectivity index (χ3n) is 6.46. The molecule has 6 rings (SSSR count). The number of pyridine rings is 2. The minimum atomic E-state index is -0.331. The number of amides is 3. The molecule has 0 atom stereocenters. The molecule has 12 heteroatoms. The lowest BCUT2D eigenvalue weighted by molar-refractivity contribution is 0.0172. The van der Waals surface area contributed by atoms with Gasteiger partial charge in [-0.05, 0) is 30.3 Å². The summed E-state index contributed by atoms with van der Waals surface area (Å²) in [5.74, 6) is 0.0479. The second-order valence-electron chi connectivity index (χ2n) is 8.79. The van der Waals surface area contributed by atoms with Crippen LogP contribution in [0.2, 0.25) is 5.02 Å². The molecule has 3 amide bonds. The van der Waals surface area contributed by atoms with E-state index in [2.05, 4.69) is 15.1 Å². The third-order valence-corrected chi connectivity index (χ3v) is 6.69. The summed E-state index contributed by atoms with van der Waals surface area (Å²) < 4.78 is 3.54. The van der Waals surface area contributed by atoms with Gasteiger partial charge in [0.2, 0.25) is 0 Å². The molecule has 0 radical (unpaired) electrons. The number of carbonyl (C=O) groups excluding carboxylic acids is 2. The summed E-state index contributed by atoms with van der Waals surface area (Å²) in [5.41, 5.74) is 9.24. The Kier molecular flexibility index (Phi) is 4.97. The zero-order valence-electron chi connectivity index (χ0n) is 19.6. The Morgan fingerprint density at radius 1 is 1.14 bits per heavy atom. The number of nitrogens with zero attached hydrogens (tertiary/aromatic N) is 8. The van der Waals surface area contributed by atoms with Crippen molar-refractivity contribution in [2.24, 2.45) is 7.05 Å². The number of aromatic nitrogens is 5. The molecule has 5 heterocycles. The van der Waals surface area contributed by atoms with Crippen molar-refractivity contribution in [1.82, 2.24) is 39.1 Å². The number of hydrogen-bond acceptors (Lipinski definition) is 6. The highest BCUT2D eigenvalue weighted by molar-refractivity contribution is 6.30. The number of hydrazine groups is 1. The first-order valence-corrected chi connectivity index (χ1v) is 11.7. The monoisotopic (exact) mass is 503 g/mol. The Hall–Kier alpha value is -4.38. The van der Waals surface area contributed by atoms with Gasteiger partial charge in [0.1, 0.15) is 11.5 Å². The smallest absolute Gasteiger partial charge is 0.338 e. The highest BCUT2D eigenvalue weighted by atomic mass is 35.5. The maximum absolute atomic E-state index is 13.9. The average Bonchev–Trinajstić information content (AvgIpc) is 3.54. The quantitative estimate of drug-likeness (QED) is 0.403. The van der Waals surface area contributed by atoms with E-state index in [1.165, 1.54) is 10.0 Å². The lowest BCUT2D eigenvalue weighted by Gasteiger charge is -2.30. The lowest BCUT2D eigenvalue weighted by Crippen LogP contribution is -2.47. The van der Waals surface area contributed by atoms with Gasteiger partial charge in [-0.3, -0.25) is 9.48 Å². The highest BCUT2D eigenvalue weighted by Gasteiger charge is 2.34. The summed E-state index contributed by atoms with van der Waals surface area (Å²) in [6.45, 7) is 1.01. The minimum absolute atomic E-state index is 0.108. The summed E-state index contributed by atoms with van der Waals surface area (Å²) in [4.78, 5) is 37.5. The fourth-order valence-electron chi connectivity index (χ4n) is 4.60. The van der Waals surface area contributed by atoms with Crippen LogP contribution in [0.4, 0.5) is 10.6 Å². The molecule has 4 aromatic heterocycles. The summed E-state index contributed by atoms with van der Waals surface area (Å²) in [7, 11) is 3.53. The number of imidazole rings is 1. The molecule has 1 fully saturated rings. The molecule has 182 valence electrons. The van der Waals surface area contributed by atoms with Crippen molar-refractivity contribution in [3.8, 4) is 0 Å². The number of rotatable bonds is 4. The van der Waals surface area contributed by atoms with Crippen LogP contribution in [0.5, 0.6) is 0 Å². The maximum Gasteiger partial charge on any atom is 0.338 e. The van der Waals surface area contributed by atoms with Crippen molar-refractivity contribution in [2.75, 3.05) is 25.9 Å².